The number of rotatable bonds is 6. The summed E-state index contributed by atoms with van der Waals surface area (Å²) in [7, 11) is 3.55. The van der Waals surface area contributed by atoms with Crippen molar-refractivity contribution in [2.75, 3.05) is 36.2 Å². The van der Waals surface area contributed by atoms with Crippen molar-refractivity contribution >= 4 is 23.4 Å². The maximum atomic E-state index is 12.6. The number of aromatic nitrogens is 5. The van der Waals surface area contributed by atoms with Gasteiger partial charge in [-0.05, 0) is 31.4 Å². The summed E-state index contributed by atoms with van der Waals surface area (Å²) in [4.78, 5) is 25.8. The lowest BCUT2D eigenvalue weighted by Crippen LogP contribution is -2.36. The van der Waals surface area contributed by atoms with E-state index in [9.17, 15) is 18.0 Å². The minimum Gasteiger partial charge on any atom is -0.381 e. The van der Waals surface area contributed by atoms with Crippen molar-refractivity contribution in [3.8, 4) is 0 Å². The number of aryl methyl sites for hydroxylation is 1. The predicted octanol–water partition coefficient (Wildman–Crippen LogP) is 3.24. The molecule has 13 heteroatoms. The second-order valence-electron chi connectivity index (χ2n) is 8.62. The number of hydrogen-bond donors (Lipinski definition) is 2. The van der Waals surface area contributed by atoms with Crippen LogP contribution in [0.25, 0.3) is 0 Å². The van der Waals surface area contributed by atoms with E-state index in [4.69, 9.17) is 4.74 Å². The molecule has 0 unspecified atom stereocenters. The average molecular weight is 505 g/mol. The number of alkyl halides is 3. The van der Waals surface area contributed by atoms with Crippen LogP contribution in [0.5, 0.6) is 0 Å². The second kappa shape index (κ2) is 10.5. The van der Waals surface area contributed by atoms with E-state index in [0.29, 0.717) is 47.9 Å². The summed E-state index contributed by atoms with van der Waals surface area (Å²) < 4.78 is 44.3. The standard InChI is InChI=1S/C19H19F3N8O.C4H8O/c1-11-16-17(29(2)10-15(31)27-16)28-18(26-11)24-6-13-7-25-30(9-13)8-12-3-4-14(23-5-12)19(20,21)22;1-5-4-2-3-4/h3-5,7,9H,6,8,10H2,1-2H3,(H,27,31)(H,24,26,28);4H,2-3H2,1H3. The zero-order chi connectivity index (χ0) is 25.9. The van der Waals surface area contributed by atoms with E-state index >= 15 is 0 Å². The van der Waals surface area contributed by atoms with Crippen molar-refractivity contribution < 1.29 is 22.7 Å². The fourth-order valence-corrected chi connectivity index (χ4v) is 3.47. The maximum Gasteiger partial charge on any atom is 0.433 e. The highest BCUT2D eigenvalue weighted by Gasteiger charge is 2.32. The normalized spacial score (nSPS) is 15.1. The van der Waals surface area contributed by atoms with Crippen LogP contribution in [0.1, 0.15) is 35.4 Å². The van der Waals surface area contributed by atoms with Crippen LogP contribution in [0.2, 0.25) is 0 Å². The highest BCUT2D eigenvalue weighted by molar-refractivity contribution is 6.00. The molecule has 3 aromatic rings. The Labute approximate surface area is 205 Å². The molecule has 1 aliphatic heterocycles. The Bertz CT molecular complexity index is 1210. The third-order valence-corrected chi connectivity index (χ3v) is 5.53. The Morgan fingerprint density at radius 2 is 1.97 bits per heavy atom. The molecule has 4 heterocycles. The Hall–Kier alpha value is -3.74. The Kier molecular flexibility index (Phi) is 7.38. The first-order chi connectivity index (χ1) is 17.1. The number of hydrogen-bond acceptors (Lipinski definition) is 8. The number of likely N-dealkylation sites (N-methyl/N-ethyl adjacent to an activating group) is 1. The molecular formula is C23H27F3N8O2. The molecule has 1 saturated carbocycles. The maximum absolute atomic E-state index is 12.6. The number of carbonyl (C=O) groups is 1. The van der Waals surface area contributed by atoms with Crippen LogP contribution in [0.15, 0.2) is 30.7 Å². The predicted molar refractivity (Wildman–Crippen MR) is 127 cm³/mol. The first-order valence-electron chi connectivity index (χ1n) is 11.3. The second-order valence-corrected chi connectivity index (χ2v) is 8.62. The lowest BCUT2D eigenvalue weighted by atomic mass is 10.2. The van der Waals surface area contributed by atoms with Gasteiger partial charge in [0.15, 0.2) is 5.82 Å². The van der Waals surface area contributed by atoms with E-state index < -0.39 is 11.9 Å². The van der Waals surface area contributed by atoms with Gasteiger partial charge in [-0.3, -0.25) is 14.5 Å². The highest BCUT2D eigenvalue weighted by atomic mass is 19.4. The van der Waals surface area contributed by atoms with Crippen molar-refractivity contribution in [2.45, 2.75) is 45.1 Å². The molecule has 10 nitrogen and oxygen atoms in total. The number of methoxy groups -OCH3 is 1. The highest BCUT2D eigenvalue weighted by Crippen LogP contribution is 2.30. The number of halogens is 3. The van der Waals surface area contributed by atoms with Gasteiger partial charge in [0.25, 0.3) is 0 Å². The molecule has 0 aromatic carbocycles. The number of pyridine rings is 1. The van der Waals surface area contributed by atoms with Gasteiger partial charge in [0.2, 0.25) is 11.9 Å². The van der Waals surface area contributed by atoms with Gasteiger partial charge in [-0.2, -0.15) is 23.3 Å². The molecule has 1 amide bonds. The summed E-state index contributed by atoms with van der Waals surface area (Å²) in [6, 6.07) is 2.34. The first-order valence-corrected chi connectivity index (χ1v) is 11.3. The molecule has 36 heavy (non-hydrogen) atoms. The summed E-state index contributed by atoms with van der Waals surface area (Å²) in [5.41, 5.74) is 1.78. The van der Waals surface area contributed by atoms with E-state index in [1.807, 2.05) is 0 Å². The monoisotopic (exact) mass is 504 g/mol. The van der Waals surface area contributed by atoms with Gasteiger partial charge in [-0.15, -0.1) is 0 Å². The third-order valence-electron chi connectivity index (χ3n) is 5.53. The molecule has 0 saturated heterocycles. The molecule has 0 spiro atoms. The largest absolute Gasteiger partial charge is 0.433 e. The summed E-state index contributed by atoms with van der Waals surface area (Å²) in [5, 5.41) is 10.1. The van der Waals surface area contributed by atoms with Gasteiger partial charge in [0, 0.05) is 38.7 Å². The van der Waals surface area contributed by atoms with Crippen LogP contribution in [-0.2, 0) is 28.8 Å². The topological polar surface area (TPSA) is 110 Å². The molecule has 2 N–H and O–H groups in total. The number of nitrogens with one attached hydrogen (secondary N) is 2. The smallest absolute Gasteiger partial charge is 0.381 e. The van der Waals surface area contributed by atoms with Gasteiger partial charge in [-0.1, -0.05) is 6.07 Å². The fourth-order valence-electron chi connectivity index (χ4n) is 3.47. The first kappa shape index (κ1) is 25.4. The molecule has 1 fully saturated rings. The van der Waals surface area contributed by atoms with Crippen molar-refractivity contribution in [1.82, 2.24) is 24.7 Å². The molecule has 0 atom stereocenters. The van der Waals surface area contributed by atoms with Gasteiger partial charge >= 0.3 is 6.18 Å². The van der Waals surface area contributed by atoms with E-state index in [-0.39, 0.29) is 12.5 Å². The van der Waals surface area contributed by atoms with E-state index in [0.717, 1.165) is 11.6 Å². The zero-order valence-electron chi connectivity index (χ0n) is 20.1. The minimum atomic E-state index is -4.46. The lowest BCUT2D eigenvalue weighted by Gasteiger charge is -2.27. The Morgan fingerprint density at radius 3 is 2.58 bits per heavy atom. The summed E-state index contributed by atoms with van der Waals surface area (Å²) >= 11 is 0. The molecule has 5 rings (SSSR count). The number of ether oxygens (including phenoxy) is 1. The number of nitrogens with zero attached hydrogens (tertiary/aromatic N) is 6. The lowest BCUT2D eigenvalue weighted by molar-refractivity contribution is -0.141. The summed E-state index contributed by atoms with van der Waals surface area (Å²) in [6.07, 6.45) is 3.38. The van der Waals surface area contributed by atoms with E-state index in [2.05, 4.69) is 30.7 Å². The molecule has 2 aliphatic rings. The Balaban J connectivity index is 0.000000543. The van der Waals surface area contributed by atoms with E-state index in [1.165, 1.54) is 25.1 Å². The molecule has 0 bridgehead atoms. The van der Waals surface area contributed by atoms with Gasteiger partial charge in [-0.25, -0.2) is 4.98 Å². The van der Waals surface area contributed by atoms with Gasteiger partial charge < -0.3 is 20.3 Å². The molecule has 192 valence electrons. The number of anilines is 3. The quantitative estimate of drug-likeness (QED) is 0.527. The van der Waals surface area contributed by atoms with Crippen molar-refractivity contribution in [2.24, 2.45) is 0 Å². The van der Waals surface area contributed by atoms with Crippen LogP contribution < -0.4 is 15.5 Å². The van der Waals surface area contributed by atoms with Crippen molar-refractivity contribution in [3.05, 3.63) is 53.2 Å². The summed E-state index contributed by atoms with van der Waals surface area (Å²) in [6.45, 7) is 2.71. The SMILES string of the molecule is COC1CC1.Cc1nc(NCc2cnn(Cc3ccc(C(F)(F)F)nc3)c2)nc2c1NC(=O)CN2C. The van der Waals surface area contributed by atoms with Gasteiger partial charge in [0.05, 0.1) is 31.1 Å². The van der Waals surface area contributed by atoms with Crippen LogP contribution in [-0.4, -0.2) is 57.4 Å². The number of carbonyl (C=O) groups excluding carboxylic acids is 1. The van der Waals surface area contributed by atoms with Crippen molar-refractivity contribution in [3.63, 3.8) is 0 Å². The minimum absolute atomic E-state index is 0.113. The van der Waals surface area contributed by atoms with Gasteiger partial charge in [0.1, 0.15) is 11.4 Å². The number of fused-ring (bicyclic) bond motifs is 1. The molecule has 3 aromatic heterocycles. The van der Waals surface area contributed by atoms with Crippen LogP contribution in [0, 0.1) is 6.92 Å². The fraction of sp³-hybridized carbons (Fsp3) is 0.435. The average Bonchev–Trinajstić information content (AvgIpc) is 3.57. The summed E-state index contributed by atoms with van der Waals surface area (Å²) in [5.74, 6) is 0.942. The van der Waals surface area contributed by atoms with E-state index in [1.54, 1.807) is 43.1 Å². The molecular weight excluding hydrogens is 477 g/mol. The van der Waals surface area contributed by atoms with Crippen molar-refractivity contribution in [1.29, 1.82) is 0 Å². The number of amides is 1. The van der Waals surface area contributed by atoms with Crippen LogP contribution in [0.4, 0.5) is 30.6 Å². The van der Waals surface area contributed by atoms with Crippen LogP contribution in [0.3, 0.4) is 0 Å². The Morgan fingerprint density at radius 1 is 1.19 bits per heavy atom. The third kappa shape index (κ3) is 6.47. The molecule has 0 radical (unpaired) electrons. The molecule has 1 aliphatic carbocycles. The zero-order valence-corrected chi connectivity index (χ0v) is 20.1. The van der Waals surface area contributed by atoms with Crippen LogP contribution >= 0.6 is 0 Å².